The summed E-state index contributed by atoms with van der Waals surface area (Å²) in [6.07, 6.45) is 5.51. The predicted octanol–water partition coefficient (Wildman–Crippen LogP) is 7.18. The molecular weight excluding hydrogens is 464 g/mol. The second-order valence-corrected chi connectivity index (χ2v) is 9.54. The molecule has 1 atom stereocenters. The van der Waals surface area contributed by atoms with Crippen molar-refractivity contribution in [1.82, 2.24) is 0 Å². The summed E-state index contributed by atoms with van der Waals surface area (Å²) in [7, 11) is 0. The summed E-state index contributed by atoms with van der Waals surface area (Å²) in [4.78, 5) is 22.3. The smallest absolute Gasteiger partial charge is 0.335 e. The third-order valence-corrected chi connectivity index (χ3v) is 6.87. The molecular formula is C27H36F4O4. The van der Waals surface area contributed by atoms with E-state index >= 15 is 17.6 Å². The quantitative estimate of drug-likeness (QED) is 0.0893. The van der Waals surface area contributed by atoms with Crippen molar-refractivity contribution in [1.29, 1.82) is 0 Å². The molecule has 1 aliphatic rings. The Morgan fingerprint density at radius 1 is 1.09 bits per heavy atom. The molecule has 0 N–H and O–H groups in total. The highest BCUT2D eigenvalue weighted by molar-refractivity contribution is 5.86. The first kappa shape index (κ1) is 28.9. The Kier molecular flexibility index (Phi) is 10.8. The van der Waals surface area contributed by atoms with Gasteiger partial charge in [-0.05, 0) is 44.1 Å². The summed E-state index contributed by atoms with van der Waals surface area (Å²) < 4.78 is 70.0. The van der Waals surface area contributed by atoms with Crippen LogP contribution in [-0.4, -0.2) is 31.6 Å². The van der Waals surface area contributed by atoms with Gasteiger partial charge in [-0.1, -0.05) is 63.5 Å². The molecule has 1 aliphatic carbocycles. The normalized spacial score (nSPS) is 19.6. The van der Waals surface area contributed by atoms with E-state index in [0.29, 0.717) is 24.3 Å². The van der Waals surface area contributed by atoms with Gasteiger partial charge < -0.3 is 9.47 Å². The Balaban J connectivity index is 2.09. The van der Waals surface area contributed by atoms with Crippen LogP contribution in [0, 0.1) is 11.8 Å². The van der Waals surface area contributed by atoms with Crippen molar-refractivity contribution in [3.63, 3.8) is 0 Å². The van der Waals surface area contributed by atoms with E-state index in [4.69, 9.17) is 9.47 Å². The molecule has 1 aromatic carbocycles. The van der Waals surface area contributed by atoms with Gasteiger partial charge in [0, 0.05) is 17.1 Å². The Morgan fingerprint density at radius 2 is 1.71 bits per heavy atom. The topological polar surface area (TPSA) is 52.6 Å². The van der Waals surface area contributed by atoms with E-state index in [1.807, 2.05) is 0 Å². The minimum absolute atomic E-state index is 0.0939. The molecule has 4 nitrogen and oxygen atoms in total. The van der Waals surface area contributed by atoms with Gasteiger partial charge in [0.2, 0.25) is 0 Å². The zero-order chi connectivity index (χ0) is 26.1. The first-order valence-corrected chi connectivity index (χ1v) is 12.3. The van der Waals surface area contributed by atoms with E-state index in [0.717, 1.165) is 37.8 Å². The highest BCUT2D eigenvalue weighted by atomic mass is 19.3. The zero-order valence-electron chi connectivity index (χ0n) is 20.5. The molecule has 0 radical (unpaired) electrons. The summed E-state index contributed by atoms with van der Waals surface area (Å²) in [6.45, 7) is 6.90. The molecule has 1 aromatic rings. The monoisotopic (exact) mass is 500 g/mol. The average molecular weight is 501 g/mol. The molecule has 196 valence electrons. The van der Waals surface area contributed by atoms with Crippen molar-refractivity contribution in [2.45, 2.75) is 83.0 Å². The van der Waals surface area contributed by atoms with Gasteiger partial charge >= 0.3 is 17.8 Å². The summed E-state index contributed by atoms with van der Waals surface area (Å²) >= 11 is 0. The number of rotatable bonds is 14. The summed E-state index contributed by atoms with van der Waals surface area (Å²) in [5.41, 5.74) is -0.186. The third-order valence-electron chi connectivity index (χ3n) is 6.87. The Morgan fingerprint density at radius 3 is 2.26 bits per heavy atom. The lowest BCUT2D eigenvalue weighted by atomic mass is 9.75. The van der Waals surface area contributed by atoms with Crippen molar-refractivity contribution in [2.24, 2.45) is 11.8 Å². The van der Waals surface area contributed by atoms with Crippen LogP contribution in [0.1, 0.15) is 82.3 Å². The molecule has 8 heteroatoms. The molecule has 0 aliphatic heterocycles. The van der Waals surface area contributed by atoms with Crippen LogP contribution in [0.15, 0.2) is 36.4 Å². The Labute approximate surface area is 205 Å². The van der Waals surface area contributed by atoms with Gasteiger partial charge in [0.15, 0.2) is 0 Å². The number of hydrogen-bond acceptors (Lipinski definition) is 4. The first-order valence-electron chi connectivity index (χ1n) is 12.3. The van der Waals surface area contributed by atoms with E-state index in [1.54, 1.807) is 0 Å². The van der Waals surface area contributed by atoms with Crippen LogP contribution in [0.25, 0.3) is 0 Å². The van der Waals surface area contributed by atoms with Crippen molar-refractivity contribution >= 4 is 12.4 Å². The number of halogens is 4. The number of unbranched alkanes of at least 4 members (excludes halogenated alkanes) is 2. The molecule has 35 heavy (non-hydrogen) atoms. The number of benzene rings is 1. The number of ether oxygens (including phenoxy) is 2. The van der Waals surface area contributed by atoms with E-state index in [9.17, 15) is 9.59 Å². The summed E-state index contributed by atoms with van der Waals surface area (Å²) in [6, 6.07) is 4.48. The van der Waals surface area contributed by atoms with Crippen molar-refractivity contribution < 1.29 is 36.6 Å². The van der Waals surface area contributed by atoms with E-state index < -0.39 is 35.2 Å². The van der Waals surface area contributed by atoms with Crippen LogP contribution in [0.3, 0.4) is 0 Å². The minimum Gasteiger partial charge on any atom is -0.467 e. The first-order chi connectivity index (χ1) is 16.5. The fourth-order valence-corrected chi connectivity index (χ4v) is 4.61. The van der Waals surface area contributed by atoms with Crippen LogP contribution in [0.5, 0.6) is 0 Å². The summed E-state index contributed by atoms with van der Waals surface area (Å²) in [5, 5.41) is 0. The van der Waals surface area contributed by atoms with E-state index in [-0.39, 0.29) is 38.1 Å². The lowest BCUT2D eigenvalue weighted by molar-refractivity contribution is -0.249. The standard InChI is InChI=1S/C27H36F4O4/c1-4-5-6-7-20-8-12-23(13-9-20)26(28,29)27(30,31)24-14-10-21(11-15-24)22(16-34-18-32)17-35-25(33)19(2)3/h10-11,14-15,18,20,22-23H,2,4-9,12-13,16-17H2,1,3H3. The predicted molar refractivity (Wildman–Crippen MR) is 125 cm³/mol. The second kappa shape index (κ2) is 13.1. The fourth-order valence-electron chi connectivity index (χ4n) is 4.61. The number of alkyl halides is 4. The lowest BCUT2D eigenvalue weighted by Gasteiger charge is -2.37. The van der Waals surface area contributed by atoms with Gasteiger partial charge in [0.25, 0.3) is 6.47 Å². The lowest BCUT2D eigenvalue weighted by Crippen LogP contribution is -2.45. The van der Waals surface area contributed by atoms with Crippen LogP contribution in [0.4, 0.5) is 17.6 Å². The van der Waals surface area contributed by atoms with Gasteiger partial charge in [0.05, 0.1) is 5.92 Å². The van der Waals surface area contributed by atoms with Crippen LogP contribution >= 0.6 is 0 Å². The fraction of sp³-hybridized carbons (Fsp3) is 0.630. The number of esters is 1. The molecule has 2 rings (SSSR count). The molecule has 1 saturated carbocycles. The zero-order valence-corrected chi connectivity index (χ0v) is 20.5. The van der Waals surface area contributed by atoms with Crippen molar-refractivity contribution in [3.8, 4) is 0 Å². The molecule has 1 fully saturated rings. The highest BCUT2D eigenvalue weighted by Gasteiger charge is 2.61. The van der Waals surface area contributed by atoms with Gasteiger partial charge in [-0.15, -0.1) is 0 Å². The third kappa shape index (κ3) is 7.55. The maximum atomic E-state index is 15.0. The molecule has 0 bridgehead atoms. The van der Waals surface area contributed by atoms with Crippen molar-refractivity contribution in [2.75, 3.05) is 13.2 Å². The van der Waals surface area contributed by atoms with Gasteiger partial charge in [-0.2, -0.15) is 17.6 Å². The Bertz CT molecular complexity index is 830. The number of carbonyl (C=O) groups is 2. The van der Waals surface area contributed by atoms with Gasteiger partial charge in [0.1, 0.15) is 13.2 Å². The largest absolute Gasteiger partial charge is 0.467 e. The second-order valence-electron chi connectivity index (χ2n) is 9.54. The van der Waals surface area contributed by atoms with E-state index in [2.05, 4.69) is 13.5 Å². The number of hydrogen-bond donors (Lipinski definition) is 0. The van der Waals surface area contributed by atoms with Gasteiger partial charge in [-0.25, -0.2) is 4.79 Å². The van der Waals surface area contributed by atoms with Crippen LogP contribution < -0.4 is 0 Å². The van der Waals surface area contributed by atoms with Crippen LogP contribution in [-0.2, 0) is 25.0 Å². The molecule has 1 unspecified atom stereocenters. The Hall–Kier alpha value is -2.38. The average Bonchev–Trinajstić information content (AvgIpc) is 2.84. The molecule has 0 aromatic heterocycles. The van der Waals surface area contributed by atoms with Gasteiger partial charge in [-0.3, -0.25) is 4.79 Å². The highest BCUT2D eigenvalue weighted by Crippen LogP contribution is 2.52. The molecule has 0 amide bonds. The SMILES string of the molecule is C=C(C)C(=O)OCC(COC=O)c1ccc(C(F)(F)C(F)(F)C2CCC(CCCCC)CC2)cc1. The maximum Gasteiger partial charge on any atom is 0.335 e. The number of carbonyl (C=O) groups excluding carboxylic acids is 2. The summed E-state index contributed by atoms with van der Waals surface area (Å²) in [5.74, 6) is -10.8. The molecule has 0 heterocycles. The minimum atomic E-state index is -4.33. The maximum absolute atomic E-state index is 15.0. The van der Waals surface area contributed by atoms with Crippen molar-refractivity contribution in [3.05, 3.63) is 47.5 Å². The molecule has 0 spiro atoms. The van der Waals surface area contributed by atoms with Crippen LogP contribution in [0.2, 0.25) is 0 Å². The molecule has 0 saturated heterocycles. The van der Waals surface area contributed by atoms with E-state index in [1.165, 1.54) is 19.1 Å².